The van der Waals surface area contributed by atoms with Gasteiger partial charge in [0.2, 0.25) is 0 Å². The summed E-state index contributed by atoms with van der Waals surface area (Å²) in [6, 6.07) is 5.64. The van der Waals surface area contributed by atoms with Crippen LogP contribution in [0.15, 0.2) is 23.6 Å². The summed E-state index contributed by atoms with van der Waals surface area (Å²) in [5, 5.41) is 5.12. The van der Waals surface area contributed by atoms with Crippen LogP contribution in [0.2, 0.25) is 0 Å². The average molecular weight is 262 g/mol. The highest BCUT2D eigenvalue weighted by atomic mass is 32.1. The number of ether oxygens (including phenoxy) is 1. The van der Waals surface area contributed by atoms with Gasteiger partial charge in [-0.25, -0.2) is 4.98 Å². The molecule has 18 heavy (non-hydrogen) atoms. The van der Waals surface area contributed by atoms with Crippen LogP contribution in [0.25, 0.3) is 0 Å². The number of carbonyl (C=O) groups is 1. The van der Waals surface area contributed by atoms with E-state index in [1.807, 2.05) is 37.4 Å². The summed E-state index contributed by atoms with van der Waals surface area (Å²) >= 11 is 1.33. The van der Waals surface area contributed by atoms with Crippen molar-refractivity contribution in [2.24, 2.45) is 0 Å². The molecule has 0 unspecified atom stereocenters. The van der Waals surface area contributed by atoms with E-state index in [1.54, 1.807) is 7.11 Å². The van der Waals surface area contributed by atoms with Crippen molar-refractivity contribution < 1.29 is 9.53 Å². The number of nitrogens with one attached hydrogen (secondary N) is 1. The van der Waals surface area contributed by atoms with Crippen molar-refractivity contribution >= 4 is 22.9 Å². The number of hydrogen-bond donors (Lipinski definition) is 1. The summed E-state index contributed by atoms with van der Waals surface area (Å²) in [5.41, 5.74) is 2.57. The van der Waals surface area contributed by atoms with Gasteiger partial charge in [-0.1, -0.05) is 6.07 Å². The van der Waals surface area contributed by atoms with E-state index in [-0.39, 0.29) is 5.91 Å². The Labute approximate surface area is 110 Å². The van der Waals surface area contributed by atoms with Crippen molar-refractivity contribution in [3.05, 3.63) is 39.8 Å². The third-order valence-electron chi connectivity index (χ3n) is 2.42. The van der Waals surface area contributed by atoms with E-state index < -0.39 is 0 Å². The Hall–Kier alpha value is -1.88. The van der Waals surface area contributed by atoms with Gasteiger partial charge in [0.1, 0.15) is 5.75 Å². The van der Waals surface area contributed by atoms with Crippen LogP contribution in [-0.2, 0) is 0 Å². The molecule has 1 aromatic heterocycles. The minimum Gasteiger partial charge on any atom is -0.495 e. The number of thiazole rings is 1. The first-order valence-electron chi connectivity index (χ1n) is 5.48. The molecule has 1 N–H and O–H groups in total. The molecule has 0 radical (unpaired) electrons. The number of rotatable bonds is 3. The summed E-state index contributed by atoms with van der Waals surface area (Å²) in [4.78, 5) is 16.1. The first-order chi connectivity index (χ1) is 8.60. The molecule has 4 nitrogen and oxygen atoms in total. The minimum absolute atomic E-state index is 0.211. The molecule has 0 fully saturated rings. The number of anilines is 1. The van der Waals surface area contributed by atoms with Gasteiger partial charge in [-0.15, -0.1) is 11.3 Å². The zero-order valence-electron chi connectivity index (χ0n) is 10.5. The molecule has 0 aliphatic carbocycles. The zero-order valence-corrected chi connectivity index (χ0v) is 11.3. The largest absolute Gasteiger partial charge is 0.495 e. The molecule has 2 aromatic rings. The van der Waals surface area contributed by atoms with Gasteiger partial charge in [-0.3, -0.25) is 4.79 Å². The Balaban J connectivity index is 2.23. The van der Waals surface area contributed by atoms with E-state index in [0.717, 1.165) is 11.3 Å². The molecule has 0 saturated heterocycles. The van der Waals surface area contributed by atoms with Crippen LogP contribution in [0, 0.1) is 13.8 Å². The van der Waals surface area contributed by atoms with Crippen molar-refractivity contribution in [2.75, 3.05) is 12.4 Å². The third-order valence-corrected chi connectivity index (χ3v) is 3.38. The fourth-order valence-corrected chi connectivity index (χ4v) is 2.24. The van der Waals surface area contributed by atoms with Crippen molar-refractivity contribution in [2.45, 2.75) is 13.8 Å². The highest BCUT2D eigenvalue weighted by molar-refractivity contribution is 7.11. The quantitative estimate of drug-likeness (QED) is 0.925. The number of amides is 1. The van der Waals surface area contributed by atoms with Gasteiger partial charge < -0.3 is 10.1 Å². The summed E-state index contributed by atoms with van der Waals surface area (Å²) in [6.07, 6.45) is 0. The fourth-order valence-electron chi connectivity index (χ4n) is 1.55. The molecule has 5 heteroatoms. The lowest BCUT2D eigenvalue weighted by molar-refractivity contribution is 0.102. The van der Waals surface area contributed by atoms with Crippen LogP contribution < -0.4 is 10.1 Å². The lowest BCUT2D eigenvalue weighted by Gasteiger charge is -2.09. The molecular formula is C13H14N2O2S. The molecule has 0 aliphatic heterocycles. The molecule has 0 aliphatic rings. The molecule has 2 rings (SSSR count). The predicted octanol–water partition coefficient (Wildman–Crippen LogP) is 3.02. The maximum Gasteiger partial charge on any atom is 0.284 e. The minimum atomic E-state index is -0.211. The van der Waals surface area contributed by atoms with Gasteiger partial charge >= 0.3 is 0 Å². The number of carbonyl (C=O) groups excluding carboxylic acids is 1. The lowest BCUT2D eigenvalue weighted by Crippen LogP contribution is -2.12. The van der Waals surface area contributed by atoms with E-state index in [9.17, 15) is 4.79 Å². The smallest absolute Gasteiger partial charge is 0.284 e. The second kappa shape index (κ2) is 5.18. The summed E-state index contributed by atoms with van der Waals surface area (Å²) in [5.74, 6) is 0.430. The Bertz CT molecular complexity index is 578. The molecule has 0 atom stereocenters. The van der Waals surface area contributed by atoms with Gasteiger partial charge in [0.05, 0.1) is 12.8 Å². The van der Waals surface area contributed by atoms with E-state index >= 15 is 0 Å². The number of methoxy groups -OCH3 is 1. The first kappa shape index (κ1) is 12.6. The third kappa shape index (κ3) is 2.68. The predicted molar refractivity (Wildman–Crippen MR) is 72.5 cm³/mol. The number of aryl methyl sites for hydroxylation is 2. The van der Waals surface area contributed by atoms with Crippen LogP contribution in [0.3, 0.4) is 0 Å². The SMILES string of the molecule is COc1ccc(C)cc1NC(=O)c1nc(C)cs1. The lowest BCUT2D eigenvalue weighted by atomic mass is 10.2. The highest BCUT2D eigenvalue weighted by Crippen LogP contribution is 2.26. The monoisotopic (exact) mass is 262 g/mol. The van der Waals surface area contributed by atoms with Gasteiger partial charge in [-0.2, -0.15) is 0 Å². The number of benzene rings is 1. The molecule has 1 amide bonds. The number of hydrogen-bond acceptors (Lipinski definition) is 4. The summed E-state index contributed by atoms with van der Waals surface area (Å²) in [6.45, 7) is 3.82. The Morgan fingerprint density at radius 1 is 1.39 bits per heavy atom. The average Bonchev–Trinajstić information content (AvgIpc) is 2.76. The molecule has 0 bridgehead atoms. The van der Waals surface area contributed by atoms with Gasteiger partial charge in [0.15, 0.2) is 5.01 Å². The van der Waals surface area contributed by atoms with Crippen LogP contribution >= 0.6 is 11.3 Å². The summed E-state index contributed by atoms with van der Waals surface area (Å²) in [7, 11) is 1.58. The maximum absolute atomic E-state index is 12.0. The molecule has 0 saturated carbocycles. The Morgan fingerprint density at radius 2 is 2.17 bits per heavy atom. The maximum atomic E-state index is 12.0. The molecule has 94 valence electrons. The fraction of sp³-hybridized carbons (Fsp3) is 0.231. The van der Waals surface area contributed by atoms with Crippen molar-refractivity contribution in [3.8, 4) is 5.75 Å². The number of aromatic nitrogens is 1. The van der Waals surface area contributed by atoms with Crippen LogP contribution in [-0.4, -0.2) is 18.0 Å². The number of nitrogens with zero attached hydrogens (tertiary/aromatic N) is 1. The Kier molecular flexibility index (Phi) is 3.62. The second-order valence-corrected chi connectivity index (χ2v) is 4.81. The van der Waals surface area contributed by atoms with Crippen LogP contribution in [0.1, 0.15) is 21.1 Å². The molecular weight excluding hydrogens is 248 g/mol. The topological polar surface area (TPSA) is 51.2 Å². The van der Waals surface area contributed by atoms with Crippen molar-refractivity contribution in [3.63, 3.8) is 0 Å². The highest BCUT2D eigenvalue weighted by Gasteiger charge is 2.12. The summed E-state index contributed by atoms with van der Waals surface area (Å²) < 4.78 is 5.21. The van der Waals surface area contributed by atoms with E-state index in [0.29, 0.717) is 16.4 Å². The van der Waals surface area contributed by atoms with E-state index in [1.165, 1.54) is 11.3 Å². The van der Waals surface area contributed by atoms with Gasteiger partial charge in [-0.05, 0) is 31.5 Å². The van der Waals surface area contributed by atoms with Crippen LogP contribution in [0.5, 0.6) is 5.75 Å². The normalized spacial score (nSPS) is 10.2. The van der Waals surface area contributed by atoms with Gasteiger partial charge in [0, 0.05) is 11.1 Å². The van der Waals surface area contributed by atoms with Crippen molar-refractivity contribution in [1.82, 2.24) is 4.98 Å². The van der Waals surface area contributed by atoms with E-state index in [2.05, 4.69) is 10.3 Å². The van der Waals surface area contributed by atoms with Gasteiger partial charge in [0.25, 0.3) is 5.91 Å². The molecule has 1 aromatic carbocycles. The van der Waals surface area contributed by atoms with Crippen LogP contribution in [0.4, 0.5) is 5.69 Å². The first-order valence-corrected chi connectivity index (χ1v) is 6.36. The van der Waals surface area contributed by atoms with E-state index in [4.69, 9.17) is 4.74 Å². The second-order valence-electron chi connectivity index (χ2n) is 3.95. The Morgan fingerprint density at radius 3 is 2.78 bits per heavy atom. The zero-order chi connectivity index (χ0) is 13.1. The van der Waals surface area contributed by atoms with Crippen molar-refractivity contribution in [1.29, 1.82) is 0 Å². The molecule has 1 heterocycles. The molecule has 0 spiro atoms. The standard InChI is InChI=1S/C13H14N2O2S/c1-8-4-5-11(17-3)10(6-8)15-12(16)13-14-9(2)7-18-13/h4-7H,1-3H3,(H,15,16).